The monoisotopic (exact) mass is 467 g/mol. The van der Waals surface area contributed by atoms with E-state index in [-0.39, 0.29) is 12.0 Å². The Hall–Kier alpha value is -3.50. The summed E-state index contributed by atoms with van der Waals surface area (Å²) in [6, 6.07) is 30.1. The third kappa shape index (κ3) is 4.59. The Kier molecular flexibility index (Phi) is 6.65. The Morgan fingerprint density at radius 2 is 1.74 bits per heavy atom. The van der Waals surface area contributed by atoms with Crippen LogP contribution in [0.3, 0.4) is 0 Å². The zero-order chi connectivity index (χ0) is 24.4. The molecule has 1 N–H and O–H groups in total. The number of carbonyl (C=O) groups is 1. The van der Waals surface area contributed by atoms with Crippen molar-refractivity contribution in [1.29, 1.82) is 0 Å². The molecule has 1 aliphatic rings. The van der Waals surface area contributed by atoms with Crippen molar-refractivity contribution in [2.24, 2.45) is 5.92 Å². The second-order valence-electron chi connectivity index (χ2n) is 9.40. The maximum Gasteiger partial charge on any atom is 0.337 e. The van der Waals surface area contributed by atoms with Crippen LogP contribution in [-0.2, 0) is 11.2 Å². The number of hydrogen-bond acceptors (Lipinski definition) is 3. The zero-order valence-electron chi connectivity index (χ0n) is 20.1. The fourth-order valence-electron chi connectivity index (χ4n) is 5.45. The Labute approximate surface area is 205 Å². The van der Waals surface area contributed by atoms with Gasteiger partial charge in [0.25, 0.3) is 0 Å². The lowest BCUT2D eigenvalue weighted by Gasteiger charge is -2.36. The molecule has 0 aliphatic heterocycles. The highest BCUT2D eigenvalue weighted by molar-refractivity contribution is 5.89. The van der Waals surface area contributed by atoms with Crippen molar-refractivity contribution in [3.63, 3.8) is 0 Å². The highest BCUT2D eigenvalue weighted by Crippen LogP contribution is 2.41. The fraction of sp³-hybridized carbons (Fsp3) is 0.258. The first kappa shape index (κ1) is 23.3. The lowest BCUT2D eigenvalue weighted by atomic mass is 9.72. The number of hydrogen-bond donors (Lipinski definition) is 1. The van der Waals surface area contributed by atoms with Gasteiger partial charge in [-0.3, -0.25) is 0 Å². The quantitative estimate of drug-likeness (QED) is 0.324. The van der Waals surface area contributed by atoms with Crippen LogP contribution in [0.15, 0.2) is 91.0 Å². The van der Waals surface area contributed by atoms with Crippen LogP contribution >= 0.6 is 0 Å². The standard InChI is InChI=1S/C31H30FNO2/c1-20(26-16-8-11-21-9-3-5-14-27(21)26)33-19-25-17-22-10-4-6-15-28(22)29(30(25)32)23-12-7-13-24(18-23)31(34)35-2/h3-16,18,20,25,29-30,33H,17,19H2,1-2H3/t20-,25?,29?,30?/m1/s1. The highest BCUT2D eigenvalue weighted by Gasteiger charge is 2.38. The Morgan fingerprint density at radius 1 is 1.00 bits per heavy atom. The summed E-state index contributed by atoms with van der Waals surface area (Å²) in [5.74, 6) is -1.02. The van der Waals surface area contributed by atoms with Crippen molar-refractivity contribution < 1.29 is 13.9 Å². The third-order valence-electron chi connectivity index (χ3n) is 7.28. The number of benzene rings is 4. The lowest BCUT2D eigenvalue weighted by Crippen LogP contribution is -2.39. The van der Waals surface area contributed by atoms with E-state index >= 15 is 4.39 Å². The molecule has 3 nitrogen and oxygen atoms in total. The van der Waals surface area contributed by atoms with Crippen molar-refractivity contribution in [1.82, 2.24) is 5.32 Å². The van der Waals surface area contributed by atoms with Gasteiger partial charge in [0.1, 0.15) is 6.17 Å². The van der Waals surface area contributed by atoms with Crippen molar-refractivity contribution in [2.75, 3.05) is 13.7 Å². The summed E-state index contributed by atoms with van der Waals surface area (Å²) in [5.41, 5.74) is 4.64. The summed E-state index contributed by atoms with van der Waals surface area (Å²) in [4.78, 5) is 12.1. The normalized spacial score (nSPS) is 20.3. The molecule has 0 radical (unpaired) electrons. The number of nitrogens with one attached hydrogen (secondary N) is 1. The first-order chi connectivity index (χ1) is 17.1. The Morgan fingerprint density at radius 3 is 2.60 bits per heavy atom. The van der Waals surface area contributed by atoms with E-state index in [9.17, 15) is 4.79 Å². The largest absolute Gasteiger partial charge is 0.465 e. The summed E-state index contributed by atoms with van der Waals surface area (Å²) in [7, 11) is 1.36. The van der Waals surface area contributed by atoms with Crippen molar-refractivity contribution >= 4 is 16.7 Å². The molecule has 0 fully saturated rings. The maximum atomic E-state index is 16.2. The Balaban J connectivity index is 1.41. The zero-order valence-corrected chi connectivity index (χ0v) is 20.1. The van der Waals surface area contributed by atoms with Gasteiger partial charge in [-0.1, -0.05) is 78.9 Å². The average molecular weight is 468 g/mol. The number of fused-ring (bicyclic) bond motifs is 2. The minimum Gasteiger partial charge on any atom is -0.465 e. The summed E-state index contributed by atoms with van der Waals surface area (Å²) in [6.45, 7) is 2.70. The van der Waals surface area contributed by atoms with E-state index in [4.69, 9.17) is 4.74 Å². The molecular weight excluding hydrogens is 437 g/mol. The van der Waals surface area contributed by atoms with Gasteiger partial charge in [-0.05, 0) is 58.5 Å². The van der Waals surface area contributed by atoms with E-state index in [1.807, 2.05) is 30.3 Å². The van der Waals surface area contributed by atoms with E-state index < -0.39 is 18.1 Å². The van der Waals surface area contributed by atoms with Crippen LogP contribution < -0.4 is 5.32 Å². The molecule has 4 aromatic carbocycles. The Bertz CT molecular complexity index is 1350. The maximum absolute atomic E-state index is 16.2. The predicted octanol–water partition coefficient (Wildman–Crippen LogP) is 6.62. The van der Waals surface area contributed by atoms with Gasteiger partial charge < -0.3 is 10.1 Å². The second kappa shape index (κ2) is 10.0. The van der Waals surface area contributed by atoms with Gasteiger partial charge in [0.05, 0.1) is 12.7 Å². The molecule has 0 spiro atoms. The van der Waals surface area contributed by atoms with Crippen molar-refractivity contribution in [3.05, 3.63) is 119 Å². The van der Waals surface area contributed by atoms with Crippen molar-refractivity contribution in [3.8, 4) is 0 Å². The number of rotatable bonds is 6. The van der Waals surface area contributed by atoms with Gasteiger partial charge in [-0.2, -0.15) is 0 Å². The lowest BCUT2D eigenvalue weighted by molar-refractivity contribution is 0.0600. The molecular formula is C31H30FNO2. The number of ether oxygens (including phenoxy) is 1. The fourth-order valence-corrected chi connectivity index (χ4v) is 5.45. The van der Waals surface area contributed by atoms with Gasteiger partial charge in [0.15, 0.2) is 0 Å². The molecule has 4 heteroatoms. The number of halogens is 1. The van der Waals surface area contributed by atoms with Crippen molar-refractivity contribution in [2.45, 2.75) is 31.5 Å². The first-order valence-corrected chi connectivity index (χ1v) is 12.2. The minimum absolute atomic E-state index is 0.0894. The molecule has 178 valence electrons. The molecule has 1 aliphatic carbocycles. The van der Waals surface area contributed by atoms with Crippen LogP contribution in [0.4, 0.5) is 4.39 Å². The molecule has 0 saturated heterocycles. The van der Waals surface area contributed by atoms with E-state index in [2.05, 4.69) is 54.7 Å². The summed E-state index contributed by atoms with van der Waals surface area (Å²) in [6.07, 6.45) is -0.398. The van der Waals surface area contributed by atoms with E-state index in [0.29, 0.717) is 18.5 Å². The molecule has 0 bridgehead atoms. The van der Waals surface area contributed by atoms with Gasteiger partial charge in [-0.15, -0.1) is 0 Å². The summed E-state index contributed by atoms with van der Waals surface area (Å²) < 4.78 is 21.1. The number of carbonyl (C=O) groups excluding carboxylic acids is 1. The van der Waals surface area contributed by atoms with Gasteiger partial charge in [0.2, 0.25) is 0 Å². The highest BCUT2D eigenvalue weighted by atomic mass is 19.1. The van der Waals surface area contributed by atoms with E-state index in [1.165, 1.54) is 29.0 Å². The van der Waals surface area contributed by atoms with Crippen LogP contribution in [0, 0.1) is 5.92 Å². The average Bonchev–Trinajstić information content (AvgIpc) is 2.91. The summed E-state index contributed by atoms with van der Waals surface area (Å²) >= 11 is 0. The molecule has 0 heterocycles. The van der Waals surface area contributed by atoms with E-state index in [0.717, 1.165) is 11.1 Å². The third-order valence-corrected chi connectivity index (χ3v) is 7.28. The molecule has 4 atom stereocenters. The first-order valence-electron chi connectivity index (χ1n) is 12.2. The van der Waals surface area contributed by atoms with Crippen LogP contribution in [0.25, 0.3) is 10.8 Å². The SMILES string of the molecule is COC(=O)c1cccc(C2c3ccccc3CC(CN[C@H](C)c3cccc4ccccc34)C2F)c1. The molecule has 0 aromatic heterocycles. The number of esters is 1. The van der Waals surface area contributed by atoms with Gasteiger partial charge >= 0.3 is 5.97 Å². The molecule has 3 unspecified atom stereocenters. The van der Waals surface area contributed by atoms with Crippen LogP contribution in [0.1, 0.15) is 51.5 Å². The number of alkyl halides is 1. The van der Waals surface area contributed by atoms with E-state index in [1.54, 1.807) is 18.2 Å². The molecule has 5 rings (SSSR count). The van der Waals surface area contributed by atoms with Crippen LogP contribution in [0.2, 0.25) is 0 Å². The molecule has 4 aromatic rings. The topological polar surface area (TPSA) is 38.3 Å². The number of methoxy groups -OCH3 is 1. The van der Waals surface area contributed by atoms with Gasteiger partial charge in [-0.25, -0.2) is 9.18 Å². The summed E-state index contributed by atoms with van der Waals surface area (Å²) in [5, 5.41) is 6.05. The second-order valence-corrected chi connectivity index (χ2v) is 9.40. The van der Waals surface area contributed by atoms with Gasteiger partial charge in [0, 0.05) is 24.4 Å². The van der Waals surface area contributed by atoms with Crippen LogP contribution in [0.5, 0.6) is 0 Å². The van der Waals surface area contributed by atoms with Crippen LogP contribution in [-0.4, -0.2) is 25.8 Å². The molecule has 0 saturated carbocycles. The molecule has 35 heavy (non-hydrogen) atoms. The molecule has 0 amide bonds. The predicted molar refractivity (Wildman–Crippen MR) is 139 cm³/mol. The minimum atomic E-state index is -1.08. The smallest absolute Gasteiger partial charge is 0.337 e.